The molecule has 0 atom stereocenters. The molecule has 0 radical (unpaired) electrons. The molecule has 105 heavy (non-hydrogen) atoms. The molecule has 0 saturated heterocycles. The van der Waals surface area contributed by atoms with E-state index in [1.165, 1.54) is 33.4 Å². The molecule has 16 aromatic rings. The topological polar surface area (TPSA) is 117 Å². The molecule has 0 saturated carbocycles. The maximum Gasteiger partial charge on any atom is 2.00 e. The van der Waals surface area contributed by atoms with Gasteiger partial charge in [-0.2, -0.15) is 0 Å². The van der Waals surface area contributed by atoms with Gasteiger partial charge < -0.3 is 33.0 Å². The van der Waals surface area contributed by atoms with Gasteiger partial charge in [-0.05, 0) is 188 Å². The van der Waals surface area contributed by atoms with Gasteiger partial charge in [0, 0.05) is 64.0 Å². The summed E-state index contributed by atoms with van der Waals surface area (Å²) in [6.07, 6.45) is 3.55. The molecule has 504 valence electrons. The van der Waals surface area contributed by atoms with Crippen LogP contribution >= 0.6 is 0 Å². The Hall–Kier alpha value is -12.5. The smallest absolute Gasteiger partial charge is 0.518 e. The Kier molecular flexibility index (Phi) is 16.0. The third kappa shape index (κ3) is 11.4. The molecule has 0 unspecified atom stereocenters. The zero-order chi connectivity index (χ0) is 69.8. The largest absolute Gasteiger partial charge is 2.00 e. The maximum absolute atomic E-state index is 6.59. The number of benzene rings is 12. The van der Waals surface area contributed by atoms with Crippen molar-refractivity contribution >= 4 is 68.3 Å². The number of hydrogen-bond acceptors (Lipinski definition) is 10. The van der Waals surface area contributed by atoms with Crippen LogP contribution in [0.25, 0.3) is 78.5 Å². The van der Waals surface area contributed by atoms with E-state index in [4.69, 9.17) is 38.4 Å². The number of rotatable bonds is 10. The van der Waals surface area contributed by atoms with E-state index in [0.717, 1.165) is 151 Å². The molecule has 4 aliphatic rings. The molecule has 0 bridgehead atoms. The molecule has 0 N–H and O–H groups in total. The van der Waals surface area contributed by atoms with Gasteiger partial charge in [-0.1, -0.05) is 139 Å². The number of hydrogen-bond donors (Lipinski definition) is 0. The van der Waals surface area contributed by atoms with Crippen LogP contribution in [0.4, 0.5) is 0 Å². The second-order valence-electron chi connectivity index (χ2n) is 27.0. The number of para-hydroxylation sites is 4. The molecule has 20 rings (SSSR count). The summed E-state index contributed by atoms with van der Waals surface area (Å²) < 4.78 is 43.5. The number of fused-ring (bicyclic) bond motifs is 10. The molecule has 0 amide bonds. The van der Waals surface area contributed by atoms with E-state index in [1.54, 1.807) is 12.4 Å². The average Bonchev–Trinajstić information content (AvgIpc) is 1.32. The zero-order valence-electron chi connectivity index (χ0n) is 58.0. The molecule has 0 aliphatic carbocycles. The Morgan fingerprint density at radius 1 is 0.352 bits per heavy atom. The summed E-state index contributed by atoms with van der Waals surface area (Å²) in [6.45, 7) is 12.5. The third-order valence-electron chi connectivity index (χ3n) is 20.0. The number of imidazole rings is 2. The zero-order valence-corrected chi connectivity index (χ0v) is 60.3. The standard InChI is InChI=1S/C45H32BN3O3.C45H30BN3O3.Pt/c2*1-27-22-28(2)44(29(3)23-27)49-37-13-8-7-12-36(37)48-45(49)32-16-18-38-34(24-32)46-35-26-33(17-19-39(35)52-41-15-9-14-40(51-38)43(41)46)50-42-25-31(20-21-47-42)30-10-5-4-6-11-30;/h4-26H,1-3H3;4-23,25H,1-3H3;/q;-2;+2. The van der Waals surface area contributed by atoms with Crippen molar-refractivity contribution in [1.82, 2.24) is 29.1 Å². The molecular formula is C90H62B2N6O6Pt. The van der Waals surface area contributed by atoms with Crippen molar-refractivity contribution in [1.29, 1.82) is 0 Å². The van der Waals surface area contributed by atoms with Crippen LogP contribution < -0.4 is 61.2 Å². The number of aromatic nitrogens is 6. The SMILES string of the molecule is Cc1cc(C)c(-n2c(-c3[c-]c4c(cc3)Oc3cccc5c3B4c3[c-]c(Oc4cc(-c6ccccc6)ccn4)ccc3O5)nc3ccccc32)c(C)c1.Cc1cc(C)c(-n2c(-c3ccc4c(c3)B3c5cc(Oc6cc(-c7ccccc7)ccn6)ccc5Oc5cccc(c53)O4)nc3ccccc32)c(C)c1.[Pt+2]. The minimum atomic E-state index is -0.272. The van der Waals surface area contributed by atoms with Crippen molar-refractivity contribution < 1.29 is 49.5 Å². The fourth-order valence-corrected chi connectivity index (χ4v) is 15.8. The van der Waals surface area contributed by atoms with Crippen LogP contribution in [0.3, 0.4) is 0 Å². The molecule has 4 aromatic heterocycles. The molecule has 0 fully saturated rings. The van der Waals surface area contributed by atoms with Crippen molar-refractivity contribution in [2.75, 3.05) is 0 Å². The maximum atomic E-state index is 6.59. The summed E-state index contributed by atoms with van der Waals surface area (Å²) in [6, 6.07) is 93.6. The first-order chi connectivity index (χ1) is 51.0. The fraction of sp³-hybridized carbons (Fsp3) is 0.0667. The number of aryl methyl sites for hydroxylation is 6. The van der Waals surface area contributed by atoms with Gasteiger partial charge in [0.15, 0.2) is 0 Å². The summed E-state index contributed by atoms with van der Waals surface area (Å²) in [5.41, 5.74) is 25.3. The van der Waals surface area contributed by atoms with Crippen molar-refractivity contribution in [3.63, 3.8) is 0 Å². The van der Waals surface area contributed by atoms with Crippen molar-refractivity contribution in [2.24, 2.45) is 0 Å². The first kappa shape index (κ1) is 64.6. The second kappa shape index (κ2) is 26.1. The number of nitrogens with zero attached hydrogens (tertiary/aromatic N) is 6. The number of pyridine rings is 2. The minimum Gasteiger partial charge on any atom is -0.518 e. The predicted molar refractivity (Wildman–Crippen MR) is 414 cm³/mol. The Balaban J connectivity index is 0.000000148. The third-order valence-corrected chi connectivity index (χ3v) is 20.0. The Bertz CT molecular complexity index is 5750. The normalized spacial score (nSPS) is 12.3. The molecule has 12 nitrogen and oxygen atoms in total. The van der Waals surface area contributed by atoms with Crippen molar-refractivity contribution in [2.45, 2.75) is 41.5 Å². The van der Waals surface area contributed by atoms with Gasteiger partial charge >= 0.3 is 21.1 Å². The van der Waals surface area contributed by atoms with E-state index in [1.807, 2.05) is 140 Å². The average molecular weight is 1540 g/mol. The summed E-state index contributed by atoms with van der Waals surface area (Å²) in [5.74, 6) is 10.0. The van der Waals surface area contributed by atoms with E-state index in [2.05, 4.69) is 188 Å². The van der Waals surface area contributed by atoms with E-state index in [9.17, 15) is 0 Å². The van der Waals surface area contributed by atoms with Gasteiger partial charge in [-0.3, -0.25) is 9.55 Å². The first-order valence-corrected chi connectivity index (χ1v) is 34.9. The van der Waals surface area contributed by atoms with Gasteiger partial charge in [0.05, 0.1) is 33.6 Å². The summed E-state index contributed by atoms with van der Waals surface area (Å²) in [5, 5.41) is 0. The van der Waals surface area contributed by atoms with Crippen LogP contribution in [0.15, 0.2) is 267 Å². The van der Waals surface area contributed by atoms with Gasteiger partial charge in [0.1, 0.15) is 46.1 Å². The Morgan fingerprint density at radius 3 is 1.38 bits per heavy atom. The first-order valence-electron chi connectivity index (χ1n) is 34.9. The summed E-state index contributed by atoms with van der Waals surface area (Å²) >= 11 is 0. The van der Waals surface area contributed by atoms with Crippen molar-refractivity contribution in [3.05, 3.63) is 313 Å². The van der Waals surface area contributed by atoms with E-state index in [-0.39, 0.29) is 34.5 Å². The Labute approximate surface area is 622 Å². The molecular weight excluding hydrogens is 1480 g/mol. The molecule has 0 spiro atoms. The van der Waals surface area contributed by atoms with E-state index >= 15 is 0 Å². The van der Waals surface area contributed by atoms with Gasteiger partial charge in [-0.25, -0.2) is 15.0 Å². The van der Waals surface area contributed by atoms with Crippen LogP contribution in [0.2, 0.25) is 0 Å². The quantitative estimate of drug-likeness (QED) is 0.0968. The summed E-state index contributed by atoms with van der Waals surface area (Å²) in [4.78, 5) is 19.5. The molecule has 15 heteroatoms. The van der Waals surface area contributed by atoms with Crippen LogP contribution in [-0.2, 0) is 21.1 Å². The van der Waals surface area contributed by atoms with Crippen LogP contribution in [0.5, 0.6) is 69.3 Å². The van der Waals surface area contributed by atoms with E-state index < -0.39 is 0 Å². The predicted octanol–water partition coefficient (Wildman–Crippen LogP) is 18.0. The van der Waals surface area contributed by atoms with Gasteiger partial charge in [-0.15, -0.1) is 52.9 Å². The number of ether oxygens (including phenoxy) is 6. The minimum absolute atomic E-state index is 0. The van der Waals surface area contributed by atoms with Gasteiger partial charge in [0.25, 0.3) is 6.71 Å². The Morgan fingerprint density at radius 2 is 0.810 bits per heavy atom. The van der Waals surface area contributed by atoms with Crippen LogP contribution in [-0.4, -0.2) is 42.5 Å². The monoisotopic (exact) mass is 1540 g/mol. The molecule has 12 aromatic carbocycles. The fourth-order valence-electron chi connectivity index (χ4n) is 15.8. The second-order valence-corrected chi connectivity index (χ2v) is 27.0. The van der Waals surface area contributed by atoms with Gasteiger partial charge in [0.2, 0.25) is 18.5 Å². The molecule has 4 aliphatic heterocycles. The van der Waals surface area contributed by atoms with E-state index in [0.29, 0.717) is 29.0 Å². The van der Waals surface area contributed by atoms with Crippen LogP contribution in [0, 0.1) is 53.7 Å². The van der Waals surface area contributed by atoms with Crippen LogP contribution in [0.1, 0.15) is 33.4 Å². The molecule has 8 heterocycles. The summed E-state index contributed by atoms with van der Waals surface area (Å²) in [7, 11) is 0. The van der Waals surface area contributed by atoms with Crippen molar-refractivity contribution in [3.8, 4) is 126 Å².